The van der Waals surface area contributed by atoms with E-state index in [0.717, 1.165) is 20.2 Å². The van der Waals surface area contributed by atoms with Gasteiger partial charge in [-0.1, -0.05) is 25.1 Å². The number of carbonyl (C=O) groups excluding carboxylic acids is 3. The van der Waals surface area contributed by atoms with Crippen LogP contribution in [0.1, 0.15) is 22.2 Å². The van der Waals surface area contributed by atoms with Gasteiger partial charge >= 0.3 is 6.03 Å². The average molecular weight is 340 g/mol. The minimum atomic E-state index is -0.717. The molecule has 0 radical (unpaired) electrons. The molecule has 1 aromatic carbocycles. The standard InChI is InChI=1S/C18H16N2O3S/c1-3-12-6-4-5-7-15(12)20-17(22)14(16(21)19-18(20)23)10-13-9-8-11(2)24-13/h4-10H,3H2,1-2H3,(H,19,21,23). The fourth-order valence-corrected chi connectivity index (χ4v) is 3.40. The number of thiophene rings is 1. The minimum Gasteiger partial charge on any atom is -0.273 e. The fraction of sp³-hybridized carbons (Fsp3) is 0.167. The van der Waals surface area contributed by atoms with Crippen molar-refractivity contribution in [3.8, 4) is 0 Å². The molecular formula is C18H16N2O3S. The van der Waals surface area contributed by atoms with Crippen LogP contribution in [0.4, 0.5) is 10.5 Å². The average Bonchev–Trinajstić information content (AvgIpc) is 2.97. The number of anilines is 1. The summed E-state index contributed by atoms with van der Waals surface area (Å²) in [6, 6.07) is 10.2. The second-order valence-corrected chi connectivity index (χ2v) is 6.71. The molecule has 1 saturated heterocycles. The lowest BCUT2D eigenvalue weighted by atomic mass is 10.1. The Morgan fingerprint density at radius 1 is 1.12 bits per heavy atom. The van der Waals surface area contributed by atoms with Gasteiger partial charge in [0.25, 0.3) is 11.8 Å². The normalized spacial score (nSPS) is 16.7. The molecule has 0 spiro atoms. The van der Waals surface area contributed by atoms with Crippen molar-refractivity contribution in [3.05, 3.63) is 57.3 Å². The first-order valence-electron chi connectivity index (χ1n) is 7.57. The molecule has 1 N–H and O–H groups in total. The topological polar surface area (TPSA) is 66.5 Å². The molecule has 2 aromatic rings. The Morgan fingerprint density at radius 3 is 2.54 bits per heavy atom. The summed E-state index contributed by atoms with van der Waals surface area (Å²) in [6.07, 6.45) is 2.20. The van der Waals surface area contributed by atoms with Gasteiger partial charge < -0.3 is 0 Å². The number of aryl methyl sites for hydroxylation is 2. The molecule has 4 amide bonds. The number of nitrogens with one attached hydrogen (secondary N) is 1. The Kier molecular flexibility index (Phi) is 4.31. The van der Waals surface area contributed by atoms with Crippen LogP contribution in [-0.4, -0.2) is 17.8 Å². The first-order valence-corrected chi connectivity index (χ1v) is 8.38. The van der Waals surface area contributed by atoms with Crippen molar-refractivity contribution in [1.29, 1.82) is 0 Å². The van der Waals surface area contributed by atoms with E-state index >= 15 is 0 Å². The van der Waals surface area contributed by atoms with Crippen molar-refractivity contribution in [2.24, 2.45) is 0 Å². The van der Waals surface area contributed by atoms with Crippen LogP contribution >= 0.6 is 11.3 Å². The van der Waals surface area contributed by atoms with E-state index in [9.17, 15) is 14.4 Å². The Balaban J connectivity index is 2.05. The smallest absolute Gasteiger partial charge is 0.273 e. The number of hydrogen-bond acceptors (Lipinski definition) is 4. The molecule has 0 bridgehead atoms. The van der Waals surface area contributed by atoms with E-state index in [4.69, 9.17) is 0 Å². The van der Waals surface area contributed by atoms with Crippen LogP contribution in [0.5, 0.6) is 0 Å². The first kappa shape index (κ1) is 16.1. The van der Waals surface area contributed by atoms with Crippen molar-refractivity contribution in [2.75, 3.05) is 4.90 Å². The van der Waals surface area contributed by atoms with E-state index in [-0.39, 0.29) is 5.57 Å². The highest BCUT2D eigenvalue weighted by Crippen LogP contribution is 2.27. The van der Waals surface area contributed by atoms with Gasteiger partial charge in [-0.25, -0.2) is 9.69 Å². The first-order chi connectivity index (χ1) is 11.5. The van der Waals surface area contributed by atoms with Crippen LogP contribution in [0.2, 0.25) is 0 Å². The van der Waals surface area contributed by atoms with Crippen LogP contribution in [0.3, 0.4) is 0 Å². The van der Waals surface area contributed by atoms with Crippen molar-refractivity contribution in [1.82, 2.24) is 5.32 Å². The van der Waals surface area contributed by atoms with Gasteiger partial charge in [-0.3, -0.25) is 14.9 Å². The predicted molar refractivity (Wildman–Crippen MR) is 93.9 cm³/mol. The summed E-state index contributed by atoms with van der Waals surface area (Å²) < 4.78 is 0. The Morgan fingerprint density at radius 2 is 1.88 bits per heavy atom. The number of amides is 4. The third kappa shape index (κ3) is 2.88. The number of urea groups is 1. The third-order valence-corrected chi connectivity index (χ3v) is 4.71. The molecule has 6 heteroatoms. The highest BCUT2D eigenvalue weighted by molar-refractivity contribution is 7.12. The number of imide groups is 2. The van der Waals surface area contributed by atoms with Crippen molar-refractivity contribution < 1.29 is 14.4 Å². The molecule has 5 nitrogen and oxygen atoms in total. The molecule has 1 aromatic heterocycles. The van der Waals surface area contributed by atoms with E-state index in [0.29, 0.717) is 12.1 Å². The summed E-state index contributed by atoms with van der Waals surface area (Å²) in [5.41, 5.74) is 1.33. The highest BCUT2D eigenvalue weighted by atomic mass is 32.1. The van der Waals surface area contributed by atoms with Gasteiger partial charge in [-0.2, -0.15) is 0 Å². The molecule has 122 valence electrons. The second kappa shape index (κ2) is 6.41. The van der Waals surface area contributed by atoms with E-state index in [1.165, 1.54) is 17.4 Å². The Bertz CT molecular complexity index is 867. The molecule has 1 aliphatic heterocycles. The maximum absolute atomic E-state index is 12.8. The molecule has 0 saturated carbocycles. The van der Waals surface area contributed by atoms with Gasteiger partial charge in [0.2, 0.25) is 0 Å². The molecule has 1 fully saturated rings. The summed E-state index contributed by atoms with van der Waals surface area (Å²) in [7, 11) is 0. The molecular weight excluding hydrogens is 324 g/mol. The zero-order valence-electron chi connectivity index (χ0n) is 13.3. The van der Waals surface area contributed by atoms with Gasteiger partial charge in [0.1, 0.15) is 5.57 Å². The molecule has 2 heterocycles. The zero-order valence-corrected chi connectivity index (χ0v) is 14.1. The fourth-order valence-electron chi connectivity index (χ4n) is 2.58. The number of barbiturate groups is 1. The maximum atomic E-state index is 12.8. The number of rotatable bonds is 3. The van der Waals surface area contributed by atoms with Crippen LogP contribution in [0.15, 0.2) is 42.0 Å². The number of hydrogen-bond donors (Lipinski definition) is 1. The lowest BCUT2D eigenvalue weighted by Gasteiger charge is -2.27. The van der Waals surface area contributed by atoms with E-state index < -0.39 is 17.8 Å². The SMILES string of the molecule is CCc1ccccc1N1C(=O)NC(=O)C(=Cc2ccc(C)s2)C1=O. The van der Waals surface area contributed by atoms with Crippen LogP contribution in [0, 0.1) is 6.92 Å². The van der Waals surface area contributed by atoms with Gasteiger partial charge in [0, 0.05) is 9.75 Å². The number of para-hydroxylation sites is 1. The molecule has 3 rings (SSSR count). The number of benzene rings is 1. The third-order valence-electron chi connectivity index (χ3n) is 3.76. The summed E-state index contributed by atoms with van der Waals surface area (Å²) in [5, 5.41) is 2.25. The summed E-state index contributed by atoms with van der Waals surface area (Å²) >= 11 is 1.48. The maximum Gasteiger partial charge on any atom is 0.335 e. The van der Waals surface area contributed by atoms with Gasteiger partial charge in [-0.15, -0.1) is 11.3 Å². The number of carbonyl (C=O) groups is 3. The van der Waals surface area contributed by atoms with Crippen LogP contribution in [0.25, 0.3) is 6.08 Å². The molecule has 1 aliphatic rings. The number of nitrogens with zero attached hydrogens (tertiary/aromatic N) is 1. The molecule has 0 aliphatic carbocycles. The lowest BCUT2D eigenvalue weighted by Crippen LogP contribution is -2.54. The Labute approximate surface area is 143 Å². The summed E-state index contributed by atoms with van der Waals surface area (Å²) in [4.78, 5) is 40.1. The molecule has 0 atom stereocenters. The van der Waals surface area contributed by atoms with Crippen LogP contribution < -0.4 is 10.2 Å². The van der Waals surface area contributed by atoms with Crippen molar-refractivity contribution >= 4 is 40.9 Å². The van der Waals surface area contributed by atoms with E-state index in [1.54, 1.807) is 12.1 Å². The van der Waals surface area contributed by atoms with Gasteiger partial charge in [0.05, 0.1) is 5.69 Å². The summed E-state index contributed by atoms with van der Waals surface area (Å²) in [5.74, 6) is -1.27. The molecule has 24 heavy (non-hydrogen) atoms. The largest absolute Gasteiger partial charge is 0.335 e. The minimum absolute atomic E-state index is 0.0395. The quantitative estimate of drug-likeness (QED) is 0.689. The van der Waals surface area contributed by atoms with Crippen molar-refractivity contribution in [2.45, 2.75) is 20.3 Å². The lowest BCUT2D eigenvalue weighted by molar-refractivity contribution is -0.122. The van der Waals surface area contributed by atoms with Crippen LogP contribution in [-0.2, 0) is 16.0 Å². The second-order valence-electron chi connectivity index (χ2n) is 5.39. The van der Waals surface area contributed by atoms with E-state index in [1.807, 2.05) is 38.1 Å². The van der Waals surface area contributed by atoms with Crippen molar-refractivity contribution in [3.63, 3.8) is 0 Å². The Hall–Kier alpha value is -2.73. The summed E-state index contributed by atoms with van der Waals surface area (Å²) in [6.45, 7) is 3.89. The highest BCUT2D eigenvalue weighted by Gasteiger charge is 2.37. The van der Waals surface area contributed by atoms with E-state index in [2.05, 4.69) is 5.32 Å². The van der Waals surface area contributed by atoms with Gasteiger partial charge in [-0.05, 0) is 43.2 Å². The monoisotopic (exact) mass is 340 g/mol. The zero-order chi connectivity index (χ0) is 17.3. The molecule has 0 unspecified atom stereocenters. The van der Waals surface area contributed by atoms with Gasteiger partial charge in [0.15, 0.2) is 0 Å². The predicted octanol–water partition coefficient (Wildman–Crippen LogP) is 3.29.